The van der Waals surface area contributed by atoms with E-state index in [1.54, 1.807) is 12.1 Å². The van der Waals surface area contributed by atoms with Crippen LogP contribution in [0.1, 0.15) is 32.6 Å². The number of benzene rings is 1. The molecule has 18 heavy (non-hydrogen) atoms. The first kappa shape index (κ1) is 13.1. The molecule has 0 aromatic heterocycles. The minimum absolute atomic E-state index is 0.266. The van der Waals surface area contributed by atoms with Crippen molar-refractivity contribution in [1.82, 2.24) is 0 Å². The van der Waals surface area contributed by atoms with Crippen LogP contribution in [0.4, 0.5) is 10.1 Å². The Labute approximate surface area is 107 Å². The van der Waals surface area contributed by atoms with Crippen molar-refractivity contribution in [2.45, 2.75) is 38.2 Å². The van der Waals surface area contributed by atoms with Gasteiger partial charge in [0.15, 0.2) is 11.6 Å². The average Bonchev–Trinajstić information content (AvgIpc) is 2.78. The van der Waals surface area contributed by atoms with Gasteiger partial charge in [-0.25, -0.2) is 4.39 Å². The summed E-state index contributed by atoms with van der Waals surface area (Å²) in [4.78, 5) is 0. The van der Waals surface area contributed by atoms with Gasteiger partial charge in [0.25, 0.3) is 0 Å². The molecule has 4 heteroatoms. The molecule has 0 aliphatic heterocycles. The molecule has 0 atom stereocenters. The molecule has 1 aromatic carbocycles. The minimum Gasteiger partial charge on any atom is -0.491 e. The molecule has 1 aliphatic rings. The van der Waals surface area contributed by atoms with Crippen molar-refractivity contribution in [2.75, 3.05) is 18.5 Å². The summed E-state index contributed by atoms with van der Waals surface area (Å²) in [6, 6.07) is 4.79. The fourth-order valence-electron chi connectivity index (χ4n) is 2.36. The van der Waals surface area contributed by atoms with Crippen molar-refractivity contribution in [3.8, 4) is 5.75 Å². The summed E-state index contributed by atoms with van der Waals surface area (Å²) >= 11 is 0. The molecular formula is C14H20FNO2. The quantitative estimate of drug-likeness (QED) is 0.847. The van der Waals surface area contributed by atoms with Crippen LogP contribution in [-0.2, 0) is 0 Å². The van der Waals surface area contributed by atoms with Crippen LogP contribution in [0.2, 0.25) is 0 Å². The molecule has 2 N–H and O–H groups in total. The van der Waals surface area contributed by atoms with E-state index in [9.17, 15) is 9.50 Å². The predicted molar refractivity (Wildman–Crippen MR) is 69.5 cm³/mol. The smallest absolute Gasteiger partial charge is 0.167 e. The summed E-state index contributed by atoms with van der Waals surface area (Å²) in [6.45, 7) is 2.74. The fraction of sp³-hybridized carbons (Fsp3) is 0.571. The fourth-order valence-corrected chi connectivity index (χ4v) is 2.36. The molecule has 1 aromatic rings. The Morgan fingerprint density at radius 1 is 1.39 bits per heavy atom. The lowest BCUT2D eigenvalue weighted by molar-refractivity contribution is 0.0614. The Morgan fingerprint density at radius 2 is 2.11 bits per heavy atom. The Hall–Kier alpha value is -1.29. The van der Waals surface area contributed by atoms with Gasteiger partial charge < -0.3 is 15.2 Å². The summed E-state index contributed by atoms with van der Waals surface area (Å²) in [6.07, 6.45) is 3.77. The minimum atomic E-state index is -0.630. The number of aliphatic hydroxyl groups is 1. The first-order valence-corrected chi connectivity index (χ1v) is 6.51. The maximum atomic E-state index is 13.6. The highest BCUT2D eigenvalue weighted by molar-refractivity contribution is 5.47. The van der Waals surface area contributed by atoms with Gasteiger partial charge >= 0.3 is 0 Å². The predicted octanol–water partition coefficient (Wildman–Crippen LogP) is 2.94. The van der Waals surface area contributed by atoms with Gasteiger partial charge in [0.2, 0.25) is 0 Å². The second kappa shape index (κ2) is 5.57. The maximum Gasteiger partial charge on any atom is 0.167 e. The maximum absolute atomic E-state index is 13.6. The van der Waals surface area contributed by atoms with Crippen LogP contribution in [0.3, 0.4) is 0 Å². The first-order chi connectivity index (χ1) is 8.63. The van der Waals surface area contributed by atoms with E-state index in [1.807, 2.05) is 6.92 Å². The van der Waals surface area contributed by atoms with E-state index in [2.05, 4.69) is 5.32 Å². The zero-order valence-corrected chi connectivity index (χ0v) is 10.7. The lowest BCUT2D eigenvalue weighted by Gasteiger charge is -2.23. The van der Waals surface area contributed by atoms with Crippen molar-refractivity contribution in [3.63, 3.8) is 0 Å². The number of rotatable bonds is 5. The van der Waals surface area contributed by atoms with Gasteiger partial charge in [0.05, 0.1) is 12.2 Å². The molecule has 0 saturated heterocycles. The average molecular weight is 253 g/mol. The molecule has 0 amide bonds. The molecule has 100 valence electrons. The second-order valence-corrected chi connectivity index (χ2v) is 4.86. The number of hydrogen-bond acceptors (Lipinski definition) is 3. The van der Waals surface area contributed by atoms with Crippen LogP contribution in [0.15, 0.2) is 18.2 Å². The Balaban J connectivity index is 1.95. The highest BCUT2D eigenvalue weighted by Crippen LogP contribution is 2.30. The molecule has 0 spiro atoms. The third-order valence-electron chi connectivity index (χ3n) is 3.39. The van der Waals surface area contributed by atoms with E-state index >= 15 is 0 Å². The summed E-state index contributed by atoms with van der Waals surface area (Å²) in [7, 11) is 0. The summed E-state index contributed by atoms with van der Waals surface area (Å²) in [5.41, 5.74) is 0.0472. The SMILES string of the molecule is CCOc1ccc(NCC2(O)CCCC2)cc1F. The Morgan fingerprint density at radius 3 is 2.72 bits per heavy atom. The van der Waals surface area contributed by atoms with Gasteiger partial charge in [-0.2, -0.15) is 0 Å². The van der Waals surface area contributed by atoms with Crippen LogP contribution in [0, 0.1) is 5.82 Å². The van der Waals surface area contributed by atoms with Crippen molar-refractivity contribution in [2.24, 2.45) is 0 Å². The van der Waals surface area contributed by atoms with E-state index in [-0.39, 0.29) is 11.6 Å². The summed E-state index contributed by atoms with van der Waals surface area (Å²) in [5, 5.41) is 13.3. The Bertz CT molecular complexity index is 403. The van der Waals surface area contributed by atoms with E-state index in [4.69, 9.17) is 4.74 Å². The van der Waals surface area contributed by atoms with E-state index < -0.39 is 5.60 Å². The van der Waals surface area contributed by atoms with Crippen molar-refractivity contribution in [3.05, 3.63) is 24.0 Å². The molecule has 2 rings (SSSR count). The lowest BCUT2D eigenvalue weighted by Crippen LogP contribution is -2.33. The van der Waals surface area contributed by atoms with Gasteiger partial charge in [0, 0.05) is 18.3 Å². The van der Waals surface area contributed by atoms with Crippen LogP contribution in [0.25, 0.3) is 0 Å². The third-order valence-corrected chi connectivity index (χ3v) is 3.39. The zero-order valence-electron chi connectivity index (χ0n) is 10.7. The molecule has 1 aliphatic carbocycles. The van der Waals surface area contributed by atoms with E-state index in [1.165, 1.54) is 6.07 Å². The van der Waals surface area contributed by atoms with Gasteiger partial charge in [-0.15, -0.1) is 0 Å². The second-order valence-electron chi connectivity index (χ2n) is 4.86. The van der Waals surface area contributed by atoms with Crippen LogP contribution in [0.5, 0.6) is 5.75 Å². The third kappa shape index (κ3) is 3.13. The monoisotopic (exact) mass is 253 g/mol. The largest absolute Gasteiger partial charge is 0.491 e. The normalized spacial score (nSPS) is 17.7. The summed E-state index contributed by atoms with van der Waals surface area (Å²) in [5.74, 6) is -0.108. The number of ether oxygens (including phenoxy) is 1. The van der Waals surface area contributed by atoms with Gasteiger partial charge in [-0.3, -0.25) is 0 Å². The number of nitrogens with one attached hydrogen (secondary N) is 1. The number of hydrogen-bond donors (Lipinski definition) is 2. The lowest BCUT2D eigenvalue weighted by atomic mass is 10.0. The van der Waals surface area contributed by atoms with Crippen molar-refractivity contribution < 1.29 is 14.2 Å². The molecule has 0 unspecified atom stereocenters. The van der Waals surface area contributed by atoms with Crippen LogP contribution in [-0.4, -0.2) is 23.9 Å². The zero-order chi connectivity index (χ0) is 13.0. The molecule has 3 nitrogen and oxygen atoms in total. The molecule has 1 saturated carbocycles. The number of anilines is 1. The molecular weight excluding hydrogens is 233 g/mol. The molecule has 0 heterocycles. The molecule has 1 fully saturated rings. The highest BCUT2D eigenvalue weighted by Gasteiger charge is 2.30. The van der Waals surface area contributed by atoms with Crippen molar-refractivity contribution >= 4 is 5.69 Å². The Kier molecular flexibility index (Phi) is 4.07. The van der Waals surface area contributed by atoms with Crippen LogP contribution >= 0.6 is 0 Å². The van der Waals surface area contributed by atoms with Crippen molar-refractivity contribution in [1.29, 1.82) is 0 Å². The van der Waals surface area contributed by atoms with Gasteiger partial charge in [-0.1, -0.05) is 12.8 Å². The standard InChI is InChI=1S/C14H20FNO2/c1-2-18-13-6-5-11(9-12(13)15)16-10-14(17)7-3-4-8-14/h5-6,9,16-17H,2-4,7-8,10H2,1H3. The van der Waals surface area contributed by atoms with Crippen LogP contribution < -0.4 is 10.1 Å². The van der Waals surface area contributed by atoms with Gasteiger partial charge in [0.1, 0.15) is 0 Å². The first-order valence-electron chi connectivity index (χ1n) is 6.51. The van der Waals surface area contributed by atoms with E-state index in [0.717, 1.165) is 25.7 Å². The topological polar surface area (TPSA) is 41.5 Å². The summed E-state index contributed by atoms with van der Waals surface area (Å²) < 4.78 is 18.7. The van der Waals surface area contributed by atoms with Gasteiger partial charge in [-0.05, 0) is 31.9 Å². The van der Waals surface area contributed by atoms with E-state index in [0.29, 0.717) is 18.8 Å². The molecule has 0 bridgehead atoms. The number of halogens is 1. The molecule has 0 radical (unpaired) electrons. The highest BCUT2D eigenvalue weighted by atomic mass is 19.1.